The van der Waals surface area contributed by atoms with Crippen LogP contribution in [-0.2, 0) is 17.5 Å². The largest absolute Gasteiger partial charge is 0.462 e. The molecule has 13 heteroatoms. The molecule has 214 valence electrons. The molecule has 0 spiro atoms. The number of rotatable bonds is 8. The Morgan fingerprint density at radius 2 is 1.93 bits per heavy atom. The van der Waals surface area contributed by atoms with Crippen molar-refractivity contribution < 1.29 is 30.4 Å². The Hall–Kier alpha value is -4.26. The van der Waals surface area contributed by atoms with Crippen LogP contribution in [0, 0.1) is 0 Å². The van der Waals surface area contributed by atoms with E-state index in [1.807, 2.05) is 6.92 Å². The van der Waals surface area contributed by atoms with Gasteiger partial charge in [-0.25, -0.2) is 19.6 Å². The van der Waals surface area contributed by atoms with E-state index in [4.69, 9.17) is 4.74 Å². The van der Waals surface area contributed by atoms with Gasteiger partial charge in [-0.3, -0.25) is 10.1 Å². The van der Waals surface area contributed by atoms with Crippen LogP contribution in [0.15, 0.2) is 46.8 Å². The minimum Gasteiger partial charge on any atom is -0.462 e. The van der Waals surface area contributed by atoms with Crippen molar-refractivity contribution in [2.75, 3.05) is 18.5 Å². The number of hydrogen-bond donors (Lipinski definition) is 2. The molecular weight excluding hydrogens is 547 g/mol. The average Bonchev–Trinajstić information content (AvgIpc) is 3.41. The number of amides is 2. The Kier molecular flexibility index (Phi) is 8.52. The van der Waals surface area contributed by atoms with Gasteiger partial charge in [0.25, 0.3) is 0 Å². The lowest BCUT2D eigenvalue weighted by Gasteiger charge is -2.15. The number of ether oxygens (including phenoxy) is 1. The van der Waals surface area contributed by atoms with Gasteiger partial charge in [0.2, 0.25) is 5.43 Å². The van der Waals surface area contributed by atoms with Crippen LogP contribution in [0.2, 0.25) is 0 Å². The summed E-state index contributed by atoms with van der Waals surface area (Å²) < 4.78 is 46.9. The Balaban J connectivity index is 0.00000308. The van der Waals surface area contributed by atoms with Gasteiger partial charge in [-0.05, 0) is 44.0 Å². The van der Waals surface area contributed by atoms with E-state index in [9.17, 15) is 27.6 Å². The second kappa shape index (κ2) is 11.9. The number of nitrogens with zero attached hydrogens (tertiary/aromatic N) is 3. The number of benzene rings is 1. The van der Waals surface area contributed by atoms with Crippen LogP contribution in [0.1, 0.15) is 46.1 Å². The van der Waals surface area contributed by atoms with E-state index in [2.05, 4.69) is 20.6 Å². The molecule has 0 aliphatic carbocycles. The second-order valence-electron chi connectivity index (χ2n) is 8.65. The van der Waals surface area contributed by atoms with Crippen molar-refractivity contribution in [2.24, 2.45) is 0 Å². The third-order valence-corrected chi connectivity index (χ3v) is 6.74. The zero-order valence-electron chi connectivity index (χ0n) is 21.9. The minimum atomic E-state index is -4.63. The first-order chi connectivity index (χ1) is 19.1. The highest BCUT2D eigenvalue weighted by Crippen LogP contribution is 2.39. The van der Waals surface area contributed by atoms with Crippen LogP contribution in [-0.4, -0.2) is 39.7 Å². The minimum absolute atomic E-state index is 0. The predicted molar refractivity (Wildman–Crippen MR) is 151 cm³/mol. The standard InChI is InChI=1S/C27H26F3N5O4S.2H2/c1-4-9-35-13-19(25(37)39-6-3)23(36)16-8-7-15(10-20(16)35)18-12-32-22(34-26(38)31-5-2)11-17(18)24-33-21(14-40-24)27(28,29)30;;/h7-8,10-14H,4-6,9H2,1-3H3,(H2,31,32,34,38);2*1H. The molecular formula is C27H30F3N5O4S. The average molecular weight is 578 g/mol. The molecule has 0 aliphatic rings. The van der Waals surface area contributed by atoms with Gasteiger partial charge in [0.1, 0.15) is 16.4 Å². The molecule has 0 saturated carbocycles. The van der Waals surface area contributed by atoms with Gasteiger partial charge in [-0.15, -0.1) is 11.3 Å². The van der Waals surface area contributed by atoms with E-state index in [1.54, 1.807) is 36.6 Å². The van der Waals surface area contributed by atoms with Gasteiger partial charge in [-0.2, -0.15) is 13.2 Å². The van der Waals surface area contributed by atoms with Crippen molar-refractivity contribution in [3.63, 3.8) is 0 Å². The summed E-state index contributed by atoms with van der Waals surface area (Å²) in [6, 6.07) is 5.85. The van der Waals surface area contributed by atoms with Crippen LogP contribution >= 0.6 is 11.3 Å². The summed E-state index contributed by atoms with van der Waals surface area (Å²) >= 11 is 0.810. The quantitative estimate of drug-likeness (QED) is 0.233. The molecule has 4 rings (SSSR count). The van der Waals surface area contributed by atoms with E-state index < -0.39 is 29.3 Å². The summed E-state index contributed by atoms with van der Waals surface area (Å²) in [6.07, 6.45) is -1.02. The molecule has 1 aromatic carbocycles. The number of carbonyl (C=O) groups is 2. The Bertz CT molecular complexity index is 1640. The number of thiazole rings is 1. The zero-order valence-corrected chi connectivity index (χ0v) is 22.7. The van der Waals surface area contributed by atoms with Gasteiger partial charge in [0, 0.05) is 50.2 Å². The SMILES string of the molecule is CCCn1cc(C(=O)OCC)c(=O)c2ccc(-c3cnc(NC(=O)NCC)cc3-c3nc(C(F)(F)F)cs3)cc21.[HH].[HH]. The number of aryl methyl sites for hydroxylation is 1. The molecule has 0 fully saturated rings. The lowest BCUT2D eigenvalue weighted by atomic mass is 9.99. The smallest absolute Gasteiger partial charge is 0.434 e. The number of fused-ring (bicyclic) bond motifs is 1. The molecule has 0 saturated heterocycles. The van der Waals surface area contributed by atoms with Gasteiger partial charge >= 0.3 is 18.2 Å². The highest BCUT2D eigenvalue weighted by molar-refractivity contribution is 7.13. The summed E-state index contributed by atoms with van der Waals surface area (Å²) in [5.74, 6) is -0.592. The third kappa shape index (κ3) is 5.98. The highest BCUT2D eigenvalue weighted by Gasteiger charge is 2.34. The maximum absolute atomic E-state index is 13.3. The number of alkyl halides is 3. The summed E-state index contributed by atoms with van der Waals surface area (Å²) in [5.41, 5.74) is 0.239. The molecule has 40 heavy (non-hydrogen) atoms. The fourth-order valence-electron chi connectivity index (χ4n) is 4.12. The normalized spacial score (nSPS) is 11.4. The number of anilines is 1. The number of halogens is 3. The second-order valence-corrected chi connectivity index (χ2v) is 9.51. The Morgan fingerprint density at radius 1 is 1.15 bits per heavy atom. The lowest BCUT2D eigenvalue weighted by Crippen LogP contribution is -2.28. The lowest BCUT2D eigenvalue weighted by molar-refractivity contribution is -0.140. The van der Waals surface area contributed by atoms with Crippen molar-refractivity contribution in [3.05, 3.63) is 63.5 Å². The Morgan fingerprint density at radius 3 is 2.58 bits per heavy atom. The van der Waals surface area contributed by atoms with Crippen LogP contribution in [0.25, 0.3) is 32.6 Å². The predicted octanol–water partition coefficient (Wildman–Crippen LogP) is 6.43. The monoisotopic (exact) mass is 577 g/mol. The molecule has 0 aliphatic heterocycles. The van der Waals surface area contributed by atoms with E-state index >= 15 is 0 Å². The summed E-state index contributed by atoms with van der Waals surface area (Å²) in [5, 5.41) is 6.42. The van der Waals surface area contributed by atoms with Crippen molar-refractivity contribution in [3.8, 4) is 21.7 Å². The Labute approximate surface area is 234 Å². The first-order valence-corrected chi connectivity index (χ1v) is 13.4. The van der Waals surface area contributed by atoms with Crippen LogP contribution in [0.3, 0.4) is 0 Å². The van der Waals surface area contributed by atoms with E-state index in [0.717, 1.165) is 16.7 Å². The van der Waals surface area contributed by atoms with Crippen molar-refractivity contribution >= 4 is 40.1 Å². The van der Waals surface area contributed by atoms with Gasteiger partial charge in [-0.1, -0.05) is 13.0 Å². The van der Waals surface area contributed by atoms with Gasteiger partial charge in [0.15, 0.2) is 5.69 Å². The molecule has 0 radical (unpaired) electrons. The molecule has 3 heterocycles. The van der Waals surface area contributed by atoms with E-state index in [-0.39, 0.29) is 25.8 Å². The van der Waals surface area contributed by atoms with Crippen LogP contribution < -0.4 is 16.1 Å². The number of pyridine rings is 2. The number of carbonyl (C=O) groups excluding carboxylic acids is 2. The molecule has 2 N–H and O–H groups in total. The number of esters is 1. The van der Waals surface area contributed by atoms with Gasteiger partial charge in [0.05, 0.1) is 12.1 Å². The maximum atomic E-state index is 13.3. The summed E-state index contributed by atoms with van der Waals surface area (Å²) in [7, 11) is 0. The maximum Gasteiger partial charge on any atom is 0.434 e. The molecule has 0 unspecified atom stereocenters. The number of nitrogens with one attached hydrogen (secondary N) is 2. The van der Waals surface area contributed by atoms with Gasteiger partial charge < -0.3 is 14.6 Å². The molecule has 3 aromatic heterocycles. The van der Waals surface area contributed by atoms with Crippen molar-refractivity contribution in [2.45, 2.75) is 39.9 Å². The number of aromatic nitrogens is 3. The van der Waals surface area contributed by atoms with Crippen LogP contribution in [0.4, 0.5) is 23.8 Å². The van der Waals surface area contributed by atoms with E-state index in [0.29, 0.717) is 47.1 Å². The molecule has 0 bridgehead atoms. The fraction of sp³-hybridized carbons (Fsp3) is 0.296. The highest BCUT2D eigenvalue weighted by atomic mass is 32.1. The molecule has 4 aromatic rings. The van der Waals surface area contributed by atoms with E-state index in [1.165, 1.54) is 18.5 Å². The van der Waals surface area contributed by atoms with Crippen molar-refractivity contribution in [1.29, 1.82) is 0 Å². The topological polar surface area (TPSA) is 115 Å². The number of hydrogen-bond acceptors (Lipinski definition) is 7. The molecule has 0 atom stereocenters. The zero-order chi connectivity index (χ0) is 29.0. The third-order valence-electron chi connectivity index (χ3n) is 5.86. The molecule has 9 nitrogen and oxygen atoms in total. The first-order valence-electron chi connectivity index (χ1n) is 12.5. The summed E-state index contributed by atoms with van der Waals surface area (Å²) in [4.78, 5) is 45.7. The molecule has 2 amide bonds. The summed E-state index contributed by atoms with van der Waals surface area (Å²) in [6.45, 7) is 6.32. The van der Waals surface area contributed by atoms with Crippen molar-refractivity contribution in [1.82, 2.24) is 19.9 Å². The number of urea groups is 1. The fourth-order valence-corrected chi connectivity index (χ4v) is 4.97. The van der Waals surface area contributed by atoms with Crippen LogP contribution in [0.5, 0.6) is 0 Å². The first kappa shape index (κ1) is 28.7.